The Kier molecular flexibility index (Phi) is 4.83. The van der Waals surface area contributed by atoms with Crippen molar-refractivity contribution in [1.82, 2.24) is 9.97 Å². The molecule has 0 bridgehead atoms. The zero-order valence-electron chi connectivity index (χ0n) is 15.9. The number of hydrogen-bond donors (Lipinski definition) is 1. The summed E-state index contributed by atoms with van der Waals surface area (Å²) >= 11 is 1.25. The average molecular weight is 454 g/mol. The highest BCUT2D eigenvalue weighted by Gasteiger charge is 2.33. The average Bonchev–Trinajstić information content (AvgIpc) is 3.11. The number of hydrogen-bond acceptors (Lipinski definition) is 8. The molecule has 0 saturated heterocycles. The number of amidine groups is 1. The van der Waals surface area contributed by atoms with E-state index in [9.17, 15) is 13.2 Å². The van der Waals surface area contributed by atoms with Gasteiger partial charge in [0.15, 0.2) is 5.17 Å². The predicted octanol–water partition coefficient (Wildman–Crippen LogP) is 3.13. The van der Waals surface area contributed by atoms with E-state index in [1.54, 1.807) is 54.9 Å². The van der Waals surface area contributed by atoms with Crippen molar-refractivity contribution in [3.8, 4) is 11.8 Å². The summed E-state index contributed by atoms with van der Waals surface area (Å²) in [5.41, 5.74) is 1.93. The second-order valence-electron chi connectivity index (χ2n) is 6.71. The van der Waals surface area contributed by atoms with E-state index in [-0.39, 0.29) is 17.7 Å². The fourth-order valence-electron chi connectivity index (χ4n) is 3.12. The summed E-state index contributed by atoms with van der Waals surface area (Å²) in [6, 6.07) is 14.1. The van der Waals surface area contributed by atoms with Gasteiger partial charge in [0.2, 0.25) is 0 Å². The summed E-state index contributed by atoms with van der Waals surface area (Å²) in [4.78, 5) is 23.4. The van der Waals surface area contributed by atoms with E-state index in [1.807, 2.05) is 11.0 Å². The monoisotopic (exact) mass is 453 g/mol. The van der Waals surface area contributed by atoms with Crippen molar-refractivity contribution >= 4 is 44.2 Å². The number of benzene rings is 2. The lowest BCUT2D eigenvalue weighted by Gasteiger charge is -2.22. The minimum Gasteiger partial charge on any atom is -0.424 e. The number of fused-ring (bicyclic) bond motifs is 3. The number of nitrogens with one attached hydrogen (secondary N) is 1. The van der Waals surface area contributed by atoms with Crippen molar-refractivity contribution < 1.29 is 17.9 Å². The van der Waals surface area contributed by atoms with Crippen LogP contribution in [-0.2, 0) is 10.0 Å². The Labute approximate surface area is 182 Å². The van der Waals surface area contributed by atoms with E-state index >= 15 is 0 Å². The molecular formula is C20H15N5O4S2. The fourth-order valence-corrected chi connectivity index (χ4v) is 5.42. The van der Waals surface area contributed by atoms with Crippen molar-refractivity contribution in [2.45, 2.75) is 4.90 Å². The van der Waals surface area contributed by atoms with Gasteiger partial charge in [-0.3, -0.25) is 4.79 Å². The molecule has 31 heavy (non-hydrogen) atoms. The number of aromatic nitrogens is 2. The normalized spacial score (nSPS) is 16.1. The highest BCUT2D eigenvalue weighted by Crippen LogP contribution is 2.42. The summed E-state index contributed by atoms with van der Waals surface area (Å²) in [6.07, 6.45) is 3.17. The highest BCUT2D eigenvalue weighted by molar-refractivity contribution is 8.15. The molecule has 11 heteroatoms. The SMILES string of the molecule is O=C(Nc1ccc(Oc2ncccn2)cc1)c1ccc2c(c1)SC1=NS(=O)(=O)CCN12. The second-order valence-corrected chi connectivity index (χ2v) is 9.47. The molecule has 5 rings (SSSR count). The molecule has 2 aliphatic rings. The molecule has 0 radical (unpaired) electrons. The first-order valence-electron chi connectivity index (χ1n) is 9.25. The molecule has 1 N–H and O–H groups in total. The standard InChI is InChI=1S/C20H15N5O4S2/c26-18(23-14-3-5-15(6-4-14)29-19-21-8-1-9-22-19)13-2-7-16-17(12-13)30-20-24-31(27,28)11-10-25(16)20/h1-9,12H,10-11H2,(H,23,26). The molecule has 1 amide bonds. The lowest BCUT2D eigenvalue weighted by Crippen LogP contribution is -2.35. The quantitative estimate of drug-likeness (QED) is 0.641. The molecule has 0 saturated carbocycles. The Morgan fingerprint density at radius 3 is 2.65 bits per heavy atom. The molecule has 3 aromatic rings. The van der Waals surface area contributed by atoms with Crippen LogP contribution >= 0.6 is 11.8 Å². The number of rotatable bonds is 4. The minimum absolute atomic E-state index is 0.0190. The lowest BCUT2D eigenvalue weighted by atomic mass is 10.1. The van der Waals surface area contributed by atoms with Crippen molar-refractivity contribution in [2.24, 2.45) is 4.40 Å². The van der Waals surface area contributed by atoms with Gasteiger partial charge in [0.25, 0.3) is 15.9 Å². The third-order valence-electron chi connectivity index (χ3n) is 4.60. The van der Waals surface area contributed by atoms with Gasteiger partial charge < -0.3 is 15.0 Å². The van der Waals surface area contributed by atoms with Crippen LogP contribution in [-0.4, -0.2) is 41.8 Å². The smallest absolute Gasteiger partial charge is 0.321 e. The summed E-state index contributed by atoms with van der Waals surface area (Å²) in [5, 5.41) is 3.27. The fraction of sp³-hybridized carbons (Fsp3) is 0.100. The van der Waals surface area contributed by atoms with Crippen molar-refractivity contribution in [2.75, 3.05) is 22.5 Å². The largest absolute Gasteiger partial charge is 0.424 e. The summed E-state index contributed by atoms with van der Waals surface area (Å²) in [5.74, 6) is 0.253. The number of thioether (sulfide) groups is 1. The van der Waals surface area contributed by atoms with Gasteiger partial charge in [0, 0.05) is 35.1 Å². The number of sulfonamides is 1. The molecule has 156 valence electrons. The molecule has 0 unspecified atom stereocenters. The number of amides is 1. The van der Waals surface area contributed by atoms with Crippen LogP contribution in [0.5, 0.6) is 11.8 Å². The van der Waals surface area contributed by atoms with Gasteiger partial charge >= 0.3 is 6.01 Å². The molecule has 0 aliphatic carbocycles. The van der Waals surface area contributed by atoms with Gasteiger partial charge in [-0.1, -0.05) is 0 Å². The van der Waals surface area contributed by atoms with E-state index in [1.165, 1.54) is 11.8 Å². The predicted molar refractivity (Wildman–Crippen MR) is 117 cm³/mol. The van der Waals surface area contributed by atoms with Gasteiger partial charge in [0.1, 0.15) is 5.75 Å². The Hall–Kier alpha value is -3.44. The maximum absolute atomic E-state index is 12.7. The van der Waals surface area contributed by atoms with Crippen LogP contribution in [0.15, 0.2) is 70.2 Å². The summed E-state index contributed by atoms with van der Waals surface area (Å²) < 4.78 is 32.8. The zero-order valence-corrected chi connectivity index (χ0v) is 17.6. The molecule has 0 fully saturated rings. The number of carbonyl (C=O) groups excluding carboxylic acids is 1. The zero-order chi connectivity index (χ0) is 21.4. The van der Waals surface area contributed by atoms with Crippen molar-refractivity contribution in [3.05, 3.63) is 66.5 Å². The molecule has 3 heterocycles. The Morgan fingerprint density at radius 2 is 1.87 bits per heavy atom. The number of ether oxygens (including phenoxy) is 1. The molecule has 2 aliphatic heterocycles. The third kappa shape index (κ3) is 4.09. The van der Waals surface area contributed by atoms with E-state index in [0.29, 0.717) is 28.7 Å². The maximum Gasteiger partial charge on any atom is 0.321 e. The summed E-state index contributed by atoms with van der Waals surface area (Å²) in [7, 11) is -3.42. The van der Waals surface area contributed by atoms with E-state index < -0.39 is 10.0 Å². The Balaban J connectivity index is 1.29. The van der Waals surface area contributed by atoms with Gasteiger partial charge in [-0.25, -0.2) is 18.4 Å². The van der Waals surface area contributed by atoms with Crippen LogP contribution in [0.3, 0.4) is 0 Å². The molecule has 9 nitrogen and oxygen atoms in total. The first kappa shape index (κ1) is 19.5. The number of anilines is 2. The summed E-state index contributed by atoms with van der Waals surface area (Å²) in [6.45, 7) is 0.356. The van der Waals surface area contributed by atoms with Crippen molar-refractivity contribution in [3.63, 3.8) is 0 Å². The maximum atomic E-state index is 12.7. The van der Waals surface area contributed by atoms with Crippen molar-refractivity contribution in [1.29, 1.82) is 0 Å². The first-order valence-corrected chi connectivity index (χ1v) is 11.7. The first-order chi connectivity index (χ1) is 15.0. The number of carbonyl (C=O) groups is 1. The highest BCUT2D eigenvalue weighted by atomic mass is 32.2. The molecule has 1 aromatic heterocycles. The minimum atomic E-state index is -3.42. The molecular weight excluding hydrogens is 438 g/mol. The van der Waals surface area contributed by atoms with E-state index in [0.717, 1.165) is 10.6 Å². The molecule has 0 atom stereocenters. The topological polar surface area (TPSA) is 114 Å². The van der Waals surface area contributed by atoms with Crippen LogP contribution in [0.1, 0.15) is 10.4 Å². The Morgan fingerprint density at radius 1 is 1.10 bits per heavy atom. The van der Waals surface area contributed by atoms with Gasteiger partial charge in [-0.05, 0) is 60.3 Å². The van der Waals surface area contributed by atoms with Crippen LogP contribution in [0.25, 0.3) is 0 Å². The Bertz CT molecular complexity index is 1290. The third-order valence-corrected chi connectivity index (χ3v) is 6.90. The van der Waals surface area contributed by atoms with Crippen LogP contribution in [0, 0.1) is 0 Å². The second kappa shape index (κ2) is 7.67. The molecule has 2 aromatic carbocycles. The van der Waals surface area contributed by atoms with Gasteiger partial charge in [-0.2, -0.15) is 0 Å². The van der Waals surface area contributed by atoms with Crippen LogP contribution in [0.2, 0.25) is 0 Å². The molecule has 0 spiro atoms. The van der Waals surface area contributed by atoms with E-state index in [2.05, 4.69) is 19.7 Å². The van der Waals surface area contributed by atoms with Gasteiger partial charge in [-0.15, -0.1) is 4.40 Å². The van der Waals surface area contributed by atoms with E-state index in [4.69, 9.17) is 4.74 Å². The van der Waals surface area contributed by atoms with Gasteiger partial charge in [0.05, 0.1) is 11.4 Å². The van der Waals surface area contributed by atoms with Crippen LogP contribution < -0.4 is 15.0 Å². The number of nitrogens with zero attached hydrogens (tertiary/aromatic N) is 4. The lowest BCUT2D eigenvalue weighted by molar-refractivity contribution is 0.102. The van der Waals surface area contributed by atoms with Crippen LogP contribution in [0.4, 0.5) is 11.4 Å².